The largest absolute Gasteiger partial charge is 0.388 e. The van der Waals surface area contributed by atoms with Crippen LogP contribution in [-0.2, 0) is 0 Å². The third kappa shape index (κ3) is 4.37. The van der Waals surface area contributed by atoms with E-state index in [2.05, 4.69) is 39.6 Å². The molecule has 16 heavy (non-hydrogen) atoms. The van der Waals surface area contributed by atoms with Crippen molar-refractivity contribution in [3.05, 3.63) is 20.8 Å². The van der Waals surface area contributed by atoms with Gasteiger partial charge in [-0.2, -0.15) is 11.8 Å². The molecule has 0 aromatic carbocycles. The lowest BCUT2D eigenvalue weighted by atomic mass is 10.1. The lowest BCUT2D eigenvalue weighted by Crippen LogP contribution is -2.40. The first-order valence-corrected chi connectivity index (χ1v) is 8.20. The van der Waals surface area contributed by atoms with Crippen molar-refractivity contribution >= 4 is 39.0 Å². The summed E-state index contributed by atoms with van der Waals surface area (Å²) >= 11 is 6.91. The van der Waals surface area contributed by atoms with Crippen LogP contribution in [0.25, 0.3) is 0 Å². The molecule has 0 fully saturated rings. The van der Waals surface area contributed by atoms with Gasteiger partial charge in [-0.25, -0.2) is 0 Å². The molecule has 2 atom stereocenters. The van der Waals surface area contributed by atoms with Gasteiger partial charge < -0.3 is 10.4 Å². The molecule has 0 saturated heterocycles. The van der Waals surface area contributed by atoms with E-state index in [0.717, 1.165) is 10.2 Å². The smallest absolute Gasteiger partial charge is 0.0833 e. The number of hydrogen-bond donors (Lipinski definition) is 2. The van der Waals surface area contributed by atoms with Gasteiger partial charge >= 0.3 is 0 Å². The third-order valence-electron chi connectivity index (χ3n) is 2.28. The van der Waals surface area contributed by atoms with Crippen molar-refractivity contribution in [2.24, 2.45) is 0 Å². The quantitative estimate of drug-likeness (QED) is 0.842. The number of thiophene rings is 1. The van der Waals surface area contributed by atoms with Crippen molar-refractivity contribution in [3.63, 3.8) is 0 Å². The fourth-order valence-electron chi connectivity index (χ4n) is 1.44. The molecule has 0 amide bonds. The molecule has 2 unspecified atom stereocenters. The summed E-state index contributed by atoms with van der Waals surface area (Å²) in [6.45, 7) is 4.60. The van der Waals surface area contributed by atoms with Crippen LogP contribution in [-0.4, -0.2) is 29.3 Å². The lowest BCUT2D eigenvalue weighted by Gasteiger charge is -2.25. The summed E-state index contributed by atoms with van der Waals surface area (Å²) < 4.78 is 1.14. The van der Waals surface area contributed by atoms with E-state index in [1.165, 1.54) is 4.88 Å². The van der Waals surface area contributed by atoms with Crippen LogP contribution in [0.2, 0.25) is 0 Å². The number of aliphatic hydroxyl groups is 1. The summed E-state index contributed by atoms with van der Waals surface area (Å²) in [7, 11) is 0. The minimum atomic E-state index is -0.641. The highest BCUT2D eigenvalue weighted by Crippen LogP contribution is 2.28. The number of halogens is 1. The number of rotatable bonds is 6. The van der Waals surface area contributed by atoms with Gasteiger partial charge in [0.1, 0.15) is 0 Å². The first kappa shape index (κ1) is 14.5. The van der Waals surface area contributed by atoms with Gasteiger partial charge in [0.15, 0.2) is 0 Å². The average Bonchev–Trinajstić information content (AvgIpc) is 2.61. The van der Waals surface area contributed by atoms with Gasteiger partial charge in [-0.15, -0.1) is 11.3 Å². The Kier molecular flexibility index (Phi) is 5.81. The first-order valence-electron chi connectivity index (χ1n) is 5.14. The Labute approximate surface area is 114 Å². The van der Waals surface area contributed by atoms with E-state index in [0.29, 0.717) is 6.54 Å². The predicted octanol–water partition coefficient (Wildman–Crippen LogP) is 3.28. The molecule has 92 valence electrons. The molecule has 1 rings (SSSR count). The molecule has 2 nitrogen and oxygen atoms in total. The van der Waals surface area contributed by atoms with Crippen LogP contribution in [0.1, 0.15) is 24.8 Å². The molecule has 0 spiro atoms. The summed E-state index contributed by atoms with van der Waals surface area (Å²) in [6.07, 6.45) is 2.01. The Morgan fingerprint density at radius 2 is 2.38 bits per heavy atom. The van der Waals surface area contributed by atoms with Crippen LogP contribution in [0.5, 0.6) is 0 Å². The van der Waals surface area contributed by atoms with Crippen molar-refractivity contribution in [1.82, 2.24) is 5.32 Å². The highest BCUT2D eigenvalue weighted by Gasteiger charge is 2.21. The Bertz CT molecular complexity index is 328. The molecule has 1 aromatic rings. The van der Waals surface area contributed by atoms with Gasteiger partial charge in [-0.1, -0.05) is 0 Å². The highest BCUT2D eigenvalue weighted by molar-refractivity contribution is 9.10. The molecular weight excluding hydrogens is 306 g/mol. The molecule has 0 saturated carbocycles. The summed E-state index contributed by atoms with van der Waals surface area (Å²) in [4.78, 5) is 1.28. The second kappa shape index (κ2) is 6.40. The van der Waals surface area contributed by atoms with Crippen LogP contribution in [0.4, 0.5) is 0 Å². The van der Waals surface area contributed by atoms with E-state index < -0.39 is 5.60 Å². The molecular formula is C11H18BrNOS2. The van der Waals surface area contributed by atoms with Crippen molar-refractivity contribution < 1.29 is 5.11 Å². The number of nitrogens with one attached hydrogen (secondary N) is 1. The molecule has 0 aliphatic heterocycles. The minimum absolute atomic E-state index is 0.266. The maximum atomic E-state index is 10.0. The third-order valence-corrected chi connectivity index (χ3v) is 5.25. The monoisotopic (exact) mass is 323 g/mol. The molecule has 1 heterocycles. The minimum Gasteiger partial charge on any atom is -0.388 e. The average molecular weight is 324 g/mol. The second-order valence-electron chi connectivity index (χ2n) is 4.17. The van der Waals surface area contributed by atoms with Gasteiger partial charge in [0.2, 0.25) is 0 Å². The van der Waals surface area contributed by atoms with Gasteiger partial charge in [0, 0.05) is 27.7 Å². The van der Waals surface area contributed by atoms with Crippen LogP contribution in [0.3, 0.4) is 0 Å². The number of hydrogen-bond acceptors (Lipinski definition) is 4. The van der Waals surface area contributed by atoms with E-state index in [1.807, 2.05) is 13.2 Å². The van der Waals surface area contributed by atoms with Crippen LogP contribution >= 0.6 is 39.0 Å². The fraction of sp³-hybridized carbons (Fsp3) is 0.636. The molecule has 0 bridgehead atoms. The van der Waals surface area contributed by atoms with Crippen molar-refractivity contribution in [3.8, 4) is 0 Å². The van der Waals surface area contributed by atoms with Crippen LogP contribution in [0, 0.1) is 0 Å². The van der Waals surface area contributed by atoms with E-state index in [4.69, 9.17) is 0 Å². The first-order chi connectivity index (χ1) is 7.46. The Morgan fingerprint density at radius 1 is 1.69 bits per heavy atom. The molecule has 5 heteroatoms. The normalized spacial score (nSPS) is 17.1. The Balaban J connectivity index is 2.47. The maximum Gasteiger partial charge on any atom is 0.0833 e. The predicted molar refractivity (Wildman–Crippen MR) is 77.4 cm³/mol. The molecule has 0 aliphatic carbocycles. The topological polar surface area (TPSA) is 32.3 Å². The van der Waals surface area contributed by atoms with E-state index in [9.17, 15) is 5.11 Å². The van der Waals surface area contributed by atoms with Crippen LogP contribution < -0.4 is 5.32 Å². The standard InChI is InChI=1S/C11H18BrNOS2/c1-8(10-9(12)4-5-16-10)13-6-11(2,14)7-15-3/h4-5,8,13-14H,6-7H2,1-3H3. The molecule has 2 N–H and O–H groups in total. The molecule has 0 aliphatic rings. The van der Waals surface area contributed by atoms with Gasteiger partial charge in [-0.3, -0.25) is 0 Å². The van der Waals surface area contributed by atoms with E-state index >= 15 is 0 Å². The SMILES string of the molecule is CSCC(C)(O)CNC(C)c1sccc1Br. The van der Waals surface area contributed by atoms with Gasteiger partial charge in [0.25, 0.3) is 0 Å². The molecule has 1 aromatic heterocycles. The van der Waals surface area contributed by atoms with Crippen molar-refractivity contribution in [1.29, 1.82) is 0 Å². The zero-order chi connectivity index (χ0) is 12.2. The maximum absolute atomic E-state index is 10.0. The fourth-order valence-corrected chi connectivity index (χ4v) is 3.92. The van der Waals surface area contributed by atoms with Crippen molar-refractivity contribution in [2.75, 3.05) is 18.6 Å². The second-order valence-corrected chi connectivity index (χ2v) is 6.83. The Hall–Kier alpha value is 0.450. The summed E-state index contributed by atoms with van der Waals surface area (Å²) in [6, 6.07) is 2.32. The van der Waals surface area contributed by atoms with Crippen LogP contribution in [0.15, 0.2) is 15.9 Å². The van der Waals surface area contributed by atoms with Gasteiger partial charge in [-0.05, 0) is 47.5 Å². The zero-order valence-electron chi connectivity index (χ0n) is 9.79. The summed E-state index contributed by atoms with van der Waals surface area (Å²) in [5, 5.41) is 15.5. The Morgan fingerprint density at radius 3 is 2.88 bits per heavy atom. The highest BCUT2D eigenvalue weighted by atomic mass is 79.9. The number of thioether (sulfide) groups is 1. The summed E-state index contributed by atoms with van der Waals surface area (Å²) in [5.41, 5.74) is -0.641. The summed E-state index contributed by atoms with van der Waals surface area (Å²) in [5.74, 6) is 0.748. The van der Waals surface area contributed by atoms with Crippen molar-refractivity contribution in [2.45, 2.75) is 25.5 Å². The zero-order valence-corrected chi connectivity index (χ0v) is 13.0. The van der Waals surface area contributed by atoms with Gasteiger partial charge in [0.05, 0.1) is 5.60 Å². The van der Waals surface area contributed by atoms with E-state index in [1.54, 1.807) is 23.1 Å². The molecule has 0 radical (unpaired) electrons. The lowest BCUT2D eigenvalue weighted by molar-refractivity contribution is 0.0822. The van der Waals surface area contributed by atoms with E-state index in [-0.39, 0.29) is 6.04 Å².